The van der Waals surface area contributed by atoms with Crippen LogP contribution in [-0.4, -0.2) is 26.5 Å². The summed E-state index contributed by atoms with van der Waals surface area (Å²) in [6.45, 7) is 5.21. The number of para-hydroxylation sites is 1. The van der Waals surface area contributed by atoms with Gasteiger partial charge in [0.2, 0.25) is 6.71 Å². The second-order valence-corrected chi connectivity index (χ2v) is 19.7. The number of piperidine rings is 1. The van der Waals surface area contributed by atoms with E-state index in [1.54, 1.807) is 33.2 Å². The molecule has 0 unspecified atom stereocenters. The molecule has 1 saturated carbocycles. The molecule has 2 spiro atoms. The fourth-order valence-corrected chi connectivity index (χ4v) is 14.9. The third kappa shape index (κ3) is 3.98. The first-order valence-corrected chi connectivity index (χ1v) is 23.4. The third-order valence-corrected chi connectivity index (χ3v) is 17.2. The van der Waals surface area contributed by atoms with Crippen LogP contribution in [0.4, 0.5) is 11.4 Å². The molecule has 0 amide bonds. The summed E-state index contributed by atoms with van der Waals surface area (Å²) >= 11 is 0. The SMILES string of the molecule is Cc1cc2c3c(cc4c(-c5ccccc5)cc5c6c(cc1c3c46)B1c3ccccc3[N+]3(CCCCC3)c3cccc-5c31)-c1cccc3c1B2c1ccccc1C31CCCCC1. The standard InChI is InChI=1S/C58H46B2N/c1-35-31-48-52-42(37-19-15-22-45-56(37)59(48)46-23-8-7-21-44(46)58(45)27-11-3-12-28-58)33-43-40(36-17-5-2-6-18-36)32-41-38-20-16-26-51-57(38)60(49-34-39(35)54(52)55(43)53(41)49)47-24-9-10-25-50(47)61(51)29-13-4-14-30-61/h2,5-10,15-26,31-34H,3-4,11-14,27-30H2,1H3/q+1. The number of fused-ring (bicyclic) bond motifs is 12. The van der Waals surface area contributed by atoms with Crippen LogP contribution in [0.1, 0.15) is 68.1 Å². The molecule has 1 saturated heterocycles. The lowest BCUT2D eigenvalue weighted by molar-refractivity contribution is 0.317. The molecule has 61 heavy (non-hydrogen) atoms. The van der Waals surface area contributed by atoms with Gasteiger partial charge in [-0.05, 0) is 157 Å². The summed E-state index contributed by atoms with van der Waals surface area (Å²) < 4.78 is 0.996. The molecule has 5 aliphatic heterocycles. The maximum Gasteiger partial charge on any atom is 0.258 e. The zero-order valence-electron chi connectivity index (χ0n) is 35.0. The van der Waals surface area contributed by atoms with E-state index in [1.807, 2.05) is 0 Å². The first-order chi connectivity index (χ1) is 30.2. The van der Waals surface area contributed by atoms with E-state index in [-0.39, 0.29) is 18.8 Å². The van der Waals surface area contributed by atoms with E-state index in [2.05, 4.69) is 146 Å². The molecule has 0 radical (unpaired) electrons. The molecule has 288 valence electrons. The summed E-state index contributed by atoms with van der Waals surface area (Å²) in [5, 5.41) is 8.75. The number of aryl methyl sites for hydroxylation is 1. The number of nitrogens with zero attached hydrogens (tertiary/aromatic N) is 1. The molecule has 0 N–H and O–H groups in total. The van der Waals surface area contributed by atoms with Crippen molar-refractivity contribution in [2.24, 2.45) is 0 Å². The van der Waals surface area contributed by atoms with Gasteiger partial charge >= 0.3 is 0 Å². The zero-order valence-corrected chi connectivity index (χ0v) is 35.0. The molecule has 9 aromatic carbocycles. The first kappa shape index (κ1) is 33.8. The Bertz CT molecular complexity index is 3400. The predicted molar refractivity (Wildman–Crippen MR) is 262 cm³/mol. The van der Waals surface area contributed by atoms with Gasteiger partial charge in [0.1, 0.15) is 11.4 Å². The van der Waals surface area contributed by atoms with Gasteiger partial charge < -0.3 is 0 Å². The number of quaternary nitrogens is 1. The number of hydrogen-bond acceptors (Lipinski definition) is 0. The highest BCUT2D eigenvalue weighted by molar-refractivity contribution is 7.01. The van der Waals surface area contributed by atoms with Crippen molar-refractivity contribution >= 4 is 89.9 Å². The quantitative estimate of drug-likeness (QED) is 0.0885. The van der Waals surface area contributed by atoms with Gasteiger partial charge in [-0.25, -0.2) is 0 Å². The molecular formula is C58H46B2N+. The van der Waals surface area contributed by atoms with Gasteiger partial charge in [-0.3, -0.25) is 4.48 Å². The lowest BCUT2D eigenvalue weighted by Gasteiger charge is -2.48. The van der Waals surface area contributed by atoms with Crippen LogP contribution in [0, 0.1) is 6.92 Å². The van der Waals surface area contributed by atoms with Crippen molar-refractivity contribution in [3.05, 3.63) is 156 Å². The maximum absolute atomic E-state index is 2.69. The number of benzene rings is 9. The van der Waals surface area contributed by atoms with Crippen molar-refractivity contribution < 1.29 is 0 Å². The first-order valence-electron chi connectivity index (χ1n) is 23.4. The molecule has 5 heterocycles. The molecule has 1 nitrogen and oxygen atoms in total. The van der Waals surface area contributed by atoms with Crippen LogP contribution in [-0.2, 0) is 5.41 Å². The smallest absolute Gasteiger partial charge is 0.258 e. The molecule has 9 aromatic rings. The molecule has 2 fully saturated rings. The van der Waals surface area contributed by atoms with Crippen molar-refractivity contribution in [3.8, 4) is 33.4 Å². The Labute approximate surface area is 359 Å². The van der Waals surface area contributed by atoms with Gasteiger partial charge in [-0.2, -0.15) is 0 Å². The van der Waals surface area contributed by atoms with Crippen LogP contribution in [0.15, 0.2) is 140 Å². The number of rotatable bonds is 1. The predicted octanol–water partition coefficient (Wildman–Crippen LogP) is 10.3. The summed E-state index contributed by atoms with van der Waals surface area (Å²) in [6, 6.07) is 56.0. The van der Waals surface area contributed by atoms with Crippen molar-refractivity contribution in [2.45, 2.75) is 63.7 Å². The van der Waals surface area contributed by atoms with Crippen LogP contribution < -0.4 is 37.3 Å². The Hall–Kier alpha value is -5.89. The van der Waals surface area contributed by atoms with E-state index < -0.39 is 0 Å². The topological polar surface area (TPSA) is 0 Å². The Balaban J connectivity index is 1.13. The van der Waals surface area contributed by atoms with Gasteiger partial charge in [0, 0.05) is 5.41 Å². The van der Waals surface area contributed by atoms with E-state index >= 15 is 0 Å². The molecule has 0 aromatic heterocycles. The van der Waals surface area contributed by atoms with Gasteiger partial charge in [0.25, 0.3) is 6.71 Å². The van der Waals surface area contributed by atoms with E-state index in [1.165, 1.54) is 158 Å². The normalized spacial score (nSPS) is 18.1. The van der Waals surface area contributed by atoms with Gasteiger partial charge in [0.05, 0.1) is 13.1 Å². The summed E-state index contributed by atoms with van der Waals surface area (Å²) in [5.74, 6) is 0. The average Bonchev–Trinajstić information content (AvgIpc) is 3.32. The minimum Gasteiger partial charge on any atom is -0.260 e. The van der Waals surface area contributed by atoms with E-state index in [9.17, 15) is 0 Å². The van der Waals surface area contributed by atoms with Crippen molar-refractivity contribution in [2.75, 3.05) is 13.1 Å². The highest BCUT2D eigenvalue weighted by Gasteiger charge is 2.52. The minimum atomic E-state index is 0.0912. The summed E-state index contributed by atoms with van der Waals surface area (Å²) in [6.07, 6.45) is 10.3. The molecule has 0 bridgehead atoms. The Morgan fingerprint density at radius 1 is 0.426 bits per heavy atom. The van der Waals surface area contributed by atoms with E-state index in [0.717, 1.165) is 4.48 Å². The van der Waals surface area contributed by atoms with Gasteiger partial charge in [-0.1, -0.05) is 156 Å². The number of hydrogen-bond donors (Lipinski definition) is 0. The third-order valence-electron chi connectivity index (χ3n) is 17.2. The van der Waals surface area contributed by atoms with Crippen LogP contribution in [0.25, 0.3) is 65.7 Å². The van der Waals surface area contributed by atoms with Crippen LogP contribution >= 0.6 is 0 Å². The van der Waals surface area contributed by atoms with Crippen molar-refractivity contribution in [1.29, 1.82) is 0 Å². The van der Waals surface area contributed by atoms with Gasteiger partial charge in [0.15, 0.2) is 0 Å². The monoisotopic (exact) mass is 778 g/mol. The van der Waals surface area contributed by atoms with Crippen LogP contribution in [0.5, 0.6) is 0 Å². The van der Waals surface area contributed by atoms with E-state index in [4.69, 9.17) is 0 Å². The molecular weight excluding hydrogens is 732 g/mol. The summed E-state index contributed by atoms with van der Waals surface area (Å²) in [7, 11) is 0. The highest BCUT2D eigenvalue weighted by Crippen LogP contribution is 2.53. The maximum atomic E-state index is 2.69. The molecule has 0 atom stereocenters. The fraction of sp³-hybridized carbons (Fsp3) is 0.207. The second-order valence-electron chi connectivity index (χ2n) is 19.7. The van der Waals surface area contributed by atoms with Crippen LogP contribution in [0.3, 0.4) is 0 Å². The molecule has 1 aliphatic carbocycles. The lowest BCUT2D eigenvalue weighted by Crippen LogP contribution is -2.66. The highest BCUT2D eigenvalue weighted by atomic mass is 15.4. The molecule has 15 rings (SSSR count). The summed E-state index contributed by atoms with van der Waals surface area (Å²) in [4.78, 5) is 0. The molecule has 6 aliphatic rings. The molecule has 3 heteroatoms. The Kier molecular flexibility index (Phi) is 6.49. The van der Waals surface area contributed by atoms with Crippen molar-refractivity contribution in [3.63, 3.8) is 0 Å². The zero-order chi connectivity index (χ0) is 39.8. The lowest BCUT2D eigenvalue weighted by atomic mass is 9.28. The van der Waals surface area contributed by atoms with Crippen molar-refractivity contribution in [1.82, 2.24) is 4.48 Å². The second kappa shape index (κ2) is 11.7. The van der Waals surface area contributed by atoms with E-state index in [0.29, 0.717) is 0 Å². The largest absolute Gasteiger partial charge is 0.260 e. The Morgan fingerprint density at radius 2 is 1.05 bits per heavy atom. The fourth-order valence-electron chi connectivity index (χ4n) is 14.9. The minimum absolute atomic E-state index is 0.0912. The average molecular weight is 779 g/mol. The van der Waals surface area contributed by atoms with Crippen LogP contribution in [0.2, 0.25) is 0 Å². The summed E-state index contributed by atoms with van der Waals surface area (Å²) in [5.41, 5.74) is 25.4. The Morgan fingerprint density at radius 3 is 1.89 bits per heavy atom. The van der Waals surface area contributed by atoms with Gasteiger partial charge in [-0.15, -0.1) is 0 Å².